The molecule has 1 aromatic carbocycles. The number of aryl methyl sites for hydroxylation is 1. The van der Waals surface area contributed by atoms with Crippen molar-refractivity contribution < 1.29 is 14.4 Å². The predicted molar refractivity (Wildman–Crippen MR) is 108 cm³/mol. The number of aromatic nitrogens is 4. The summed E-state index contributed by atoms with van der Waals surface area (Å²) in [7, 11) is -3.99. The van der Waals surface area contributed by atoms with Gasteiger partial charge in [-0.15, -0.1) is 0 Å². The summed E-state index contributed by atoms with van der Waals surface area (Å²) in [6.07, 6.45) is 4.00. The van der Waals surface area contributed by atoms with Crippen molar-refractivity contribution in [1.82, 2.24) is 19.5 Å². The minimum Gasteiger partial charge on any atom is -0.368 e. The quantitative estimate of drug-likeness (QED) is 0.393. The van der Waals surface area contributed by atoms with Crippen LogP contribution in [0.2, 0.25) is 0 Å². The lowest BCUT2D eigenvalue weighted by Crippen LogP contribution is -2.13. The molecule has 4 rings (SSSR count). The van der Waals surface area contributed by atoms with E-state index in [-0.39, 0.29) is 17.5 Å². The number of hydrogen-bond acceptors (Lipinski definition) is 6. The summed E-state index contributed by atoms with van der Waals surface area (Å²) in [4.78, 5) is 32.7. The van der Waals surface area contributed by atoms with Crippen molar-refractivity contribution in [2.24, 2.45) is 5.41 Å². The van der Waals surface area contributed by atoms with Crippen LogP contribution in [-0.4, -0.2) is 35.5 Å². The molecule has 10 heteroatoms. The Hall–Kier alpha value is -1.93. The first-order valence-electron chi connectivity index (χ1n) is 9.01. The second-order valence-electron chi connectivity index (χ2n) is 7.49. The highest BCUT2D eigenvalue weighted by Gasteiger charge is 2.44. The number of rotatable bonds is 7. The Morgan fingerprint density at radius 3 is 2.61 bits per heavy atom. The summed E-state index contributed by atoms with van der Waals surface area (Å²) in [6.45, 7) is 2.66. The number of imidazole rings is 1. The van der Waals surface area contributed by atoms with Crippen molar-refractivity contribution in [2.75, 3.05) is 11.9 Å². The number of benzene rings is 1. The van der Waals surface area contributed by atoms with E-state index < -0.39 is 7.60 Å². The van der Waals surface area contributed by atoms with Crippen molar-refractivity contribution in [3.05, 3.63) is 36.2 Å². The van der Waals surface area contributed by atoms with Gasteiger partial charge in [0.2, 0.25) is 5.95 Å². The summed E-state index contributed by atoms with van der Waals surface area (Å²) in [6, 6.07) is 8.14. The van der Waals surface area contributed by atoms with Gasteiger partial charge in [0.25, 0.3) is 0 Å². The van der Waals surface area contributed by atoms with E-state index in [2.05, 4.69) is 15.0 Å². The van der Waals surface area contributed by atoms with E-state index in [1.807, 2.05) is 35.8 Å². The Labute approximate surface area is 166 Å². The highest BCUT2D eigenvalue weighted by molar-refractivity contribution is 7.99. The van der Waals surface area contributed by atoms with Gasteiger partial charge < -0.3 is 20.1 Å². The molecule has 4 N–H and O–H groups in total. The van der Waals surface area contributed by atoms with Gasteiger partial charge >= 0.3 is 7.60 Å². The van der Waals surface area contributed by atoms with Gasteiger partial charge in [0.15, 0.2) is 5.65 Å². The van der Waals surface area contributed by atoms with Crippen LogP contribution in [0.3, 0.4) is 0 Å². The number of nitrogens with two attached hydrogens (primary N) is 1. The van der Waals surface area contributed by atoms with E-state index in [0.29, 0.717) is 29.2 Å². The topological polar surface area (TPSA) is 127 Å². The molecule has 0 aliphatic heterocycles. The molecule has 0 amide bonds. The number of anilines is 1. The zero-order valence-electron chi connectivity index (χ0n) is 15.4. The van der Waals surface area contributed by atoms with E-state index in [1.54, 1.807) is 6.33 Å². The molecule has 2 heterocycles. The fraction of sp³-hybridized carbons (Fsp3) is 0.389. The SMILES string of the molecule is Cc1ccc(Sc2nc(N)nc3c2ncn3CC2(CCP(=O)(O)O)CC2)cc1. The molecule has 0 spiro atoms. The third kappa shape index (κ3) is 4.38. The van der Waals surface area contributed by atoms with Crippen LogP contribution in [0.4, 0.5) is 5.95 Å². The first-order chi connectivity index (χ1) is 13.2. The summed E-state index contributed by atoms with van der Waals surface area (Å²) in [5.74, 6) is 0.184. The van der Waals surface area contributed by atoms with Gasteiger partial charge in [0.05, 0.1) is 12.5 Å². The smallest absolute Gasteiger partial charge is 0.325 e. The van der Waals surface area contributed by atoms with E-state index in [4.69, 9.17) is 5.73 Å². The lowest BCUT2D eigenvalue weighted by atomic mass is 10.0. The van der Waals surface area contributed by atoms with Gasteiger partial charge in [-0.2, -0.15) is 4.98 Å². The van der Waals surface area contributed by atoms with Crippen LogP contribution in [0.5, 0.6) is 0 Å². The zero-order valence-corrected chi connectivity index (χ0v) is 17.2. The highest BCUT2D eigenvalue weighted by atomic mass is 32.2. The van der Waals surface area contributed by atoms with Crippen LogP contribution in [-0.2, 0) is 11.1 Å². The number of fused-ring (bicyclic) bond motifs is 1. The largest absolute Gasteiger partial charge is 0.368 e. The summed E-state index contributed by atoms with van der Waals surface area (Å²) < 4.78 is 13.2. The normalized spacial score (nSPS) is 15.8. The average molecular weight is 419 g/mol. The maximum Gasteiger partial charge on any atom is 0.325 e. The van der Waals surface area contributed by atoms with Crippen LogP contribution in [0.25, 0.3) is 11.2 Å². The molecule has 0 radical (unpaired) electrons. The second-order valence-corrected chi connectivity index (χ2v) is 10.3. The Morgan fingerprint density at radius 2 is 1.96 bits per heavy atom. The fourth-order valence-corrected chi connectivity index (χ4v) is 4.89. The molecule has 1 aliphatic carbocycles. The Kier molecular flexibility index (Phi) is 4.95. The van der Waals surface area contributed by atoms with Crippen molar-refractivity contribution >= 4 is 36.5 Å². The minimum absolute atomic E-state index is 0.0920. The molecule has 3 aromatic rings. The third-order valence-corrected chi connectivity index (χ3v) is 6.87. The van der Waals surface area contributed by atoms with Gasteiger partial charge in [-0.25, -0.2) is 9.97 Å². The number of nitrogens with zero attached hydrogens (tertiary/aromatic N) is 4. The highest BCUT2D eigenvalue weighted by Crippen LogP contribution is 2.53. The van der Waals surface area contributed by atoms with Crippen LogP contribution in [0.1, 0.15) is 24.8 Å². The molecule has 0 unspecified atom stereocenters. The Bertz CT molecular complexity index is 1060. The molecule has 0 atom stereocenters. The minimum atomic E-state index is -3.99. The predicted octanol–water partition coefficient (Wildman–Crippen LogP) is 3.22. The van der Waals surface area contributed by atoms with Gasteiger partial charge in [-0.3, -0.25) is 4.57 Å². The molecular weight excluding hydrogens is 397 g/mol. The molecule has 8 nitrogen and oxygen atoms in total. The van der Waals surface area contributed by atoms with Crippen LogP contribution < -0.4 is 5.73 Å². The molecule has 148 valence electrons. The van der Waals surface area contributed by atoms with E-state index in [0.717, 1.165) is 17.7 Å². The zero-order chi connectivity index (χ0) is 19.9. The number of nitrogen functional groups attached to an aromatic ring is 1. The first kappa shape index (κ1) is 19.4. The maximum atomic E-state index is 11.2. The van der Waals surface area contributed by atoms with Gasteiger partial charge in [0.1, 0.15) is 10.5 Å². The molecule has 1 aliphatic rings. The molecular formula is C18H22N5O3PS. The standard InChI is InChI=1S/C18H22N5O3PS/c1-12-2-4-13(5-3-12)28-16-14-15(21-17(19)22-16)23(11-20-14)10-18(6-7-18)8-9-27(24,25)26/h2-5,11H,6-10H2,1H3,(H2,19,21,22)(H2,24,25,26). The first-order valence-corrected chi connectivity index (χ1v) is 11.6. The molecule has 28 heavy (non-hydrogen) atoms. The molecule has 1 fully saturated rings. The Morgan fingerprint density at radius 1 is 1.25 bits per heavy atom. The fourth-order valence-electron chi connectivity index (χ4n) is 3.25. The van der Waals surface area contributed by atoms with Crippen molar-refractivity contribution in [1.29, 1.82) is 0 Å². The van der Waals surface area contributed by atoms with Gasteiger partial charge in [-0.05, 0) is 43.7 Å². The Balaban J connectivity index is 1.60. The summed E-state index contributed by atoms with van der Waals surface area (Å²) >= 11 is 1.49. The molecule has 0 bridgehead atoms. The lowest BCUT2D eigenvalue weighted by molar-refractivity contribution is 0.352. The second kappa shape index (κ2) is 7.15. The van der Waals surface area contributed by atoms with E-state index in [1.165, 1.54) is 17.3 Å². The van der Waals surface area contributed by atoms with E-state index in [9.17, 15) is 14.4 Å². The van der Waals surface area contributed by atoms with Crippen molar-refractivity contribution in [3.63, 3.8) is 0 Å². The monoisotopic (exact) mass is 419 g/mol. The van der Waals surface area contributed by atoms with Crippen LogP contribution in [0.15, 0.2) is 40.5 Å². The van der Waals surface area contributed by atoms with Gasteiger partial charge in [0, 0.05) is 11.4 Å². The maximum absolute atomic E-state index is 11.2. The molecule has 0 saturated heterocycles. The van der Waals surface area contributed by atoms with Crippen molar-refractivity contribution in [2.45, 2.75) is 42.7 Å². The van der Waals surface area contributed by atoms with Crippen molar-refractivity contribution in [3.8, 4) is 0 Å². The van der Waals surface area contributed by atoms with Crippen LogP contribution in [0, 0.1) is 12.3 Å². The summed E-state index contributed by atoms with van der Waals surface area (Å²) in [5.41, 5.74) is 8.38. The van der Waals surface area contributed by atoms with E-state index >= 15 is 0 Å². The third-order valence-electron chi connectivity index (χ3n) is 5.08. The molecule has 1 saturated carbocycles. The molecule has 2 aromatic heterocycles. The number of hydrogen-bond donors (Lipinski definition) is 3. The van der Waals surface area contributed by atoms with Crippen LogP contribution >= 0.6 is 19.4 Å². The average Bonchev–Trinajstić information content (AvgIpc) is 3.28. The van der Waals surface area contributed by atoms with Gasteiger partial charge in [-0.1, -0.05) is 29.5 Å². The summed E-state index contributed by atoms with van der Waals surface area (Å²) in [5, 5.41) is 0.699. The lowest BCUT2D eigenvalue weighted by Gasteiger charge is -2.16.